The molecular weight excluding hydrogens is 254 g/mol. The van der Waals surface area contributed by atoms with E-state index in [0.29, 0.717) is 11.3 Å². The van der Waals surface area contributed by atoms with Gasteiger partial charge in [-0.1, -0.05) is 24.3 Å². The van der Waals surface area contributed by atoms with Gasteiger partial charge in [0.2, 0.25) is 0 Å². The van der Waals surface area contributed by atoms with Crippen LogP contribution >= 0.6 is 0 Å². The van der Waals surface area contributed by atoms with Crippen molar-refractivity contribution < 1.29 is 14.3 Å². The fraction of sp³-hybridized carbons (Fsp3) is 0.0625. The molecule has 0 bridgehead atoms. The first kappa shape index (κ1) is 12.3. The summed E-state index contributed by atoms with van der Waals surface area (Å²) in [7, 11) is 1.64. The molecule has 0 atom stereocenters. The van der Waals surface area contributed by atoms with Crippen molar-refractivity contribution >= 4 is 22.6 Å². The maximum absolute atomic E-state index is 12.4. The quantitative estimate of drug-likeness (QED) is 0.774. The number of rotatable bonds is 2. The minimum Gasteiger partial charge on any atom is -0.508 e. The third-order valence-corrected chi connectivity index (χ3v) is 3.16. The monoisotopic (exact) mass is 267 g/mol. The van der Waals surface area contributed by atoms with Crippen LogP contribution in [0.15, 0.2) is 59.0 Å². The molecule has 3 rings (SSSR count). The molecule has 4 nitrogen and oxygen atoms in total. The Morgan fingerprint density at radius 2 is 1.90 bits per heavy atom. The molecule has 0 fully saturated rings. The van der Waals surface area contributed by atoms with Gasteiger partial charge < -0.3 is 14.4 Å². The van der Waals surface area contributed by atoms with Crippen LogP contribution in [0.4, 0.5) is 5.69 Å². The van der Waals surface area contributed by atoms with Crippen LogP contribution in [0, 0.1) is 0 Å². The first-order chi connectivity index (χ1) is 9.65. The summed E-state index contributed by atoms with van der Waals surface area (Å²) in [5.41, 5.74) is 1.29. The zero-order chi connectivity index (χ0) is 14.1. The van der Waals surface area contributed by atoms with Gasteiger partial charge in [-0.05, 0) is 24.3 Å². The molecule has 1 amide bonds. The van der Waals surface area contributed by atoms with E-state index in [-0.39, 0.29) is 17.4 Å². The van der Waals surface area contributed by atoms with Gasteiger partial charge in [-0.2, -0.15) is 0 Å². The number of aromatic hydroxyl groups is 1. The van der Waals surface area contributed by atoms with Gasteiger partial charge in [0.05, 0.1) is 0 Å². The summed E-state index contributed by atoms with van der Waals surface area (Å²) in [5, 5.41) is 10.4. The second kappa shape index (κ2) is 4.74. The van der Waals surface area contributed by atoms with Gasteiger partial charge in [-0.25, -0.2) is 0 Å². The Morgan fingerprint density at radius 3 is 2.65 bits per heavy atom. The highest BCUT2D eigenvalue weighted by molar-refractivity contribution is 6.06. The van der Waals surface area contributed by atoms with E-state index in [1.807, 2.05) is 24.3 Å². The third kappa shape index (κ3) is 2.12. The van der Waals surface area contributed by atoms with Crippen molar-refractivity contribution in [2.24, 2.45) is 0 Å². The van der Waals surface area contributed by atoms with Crippen LogP contribution in [-0.2, 0) is 0 Å². The van der Waals surface area contributed by atoms with Crippen molar-refractivity contribution in [3.8, 4) is 5.75 Å². The van der Waals surface area contributed by atoms with Gasteiger partial charge in [0.15, 0.2) is 5.76 Å². The summed E-state index contributed by atoms with van der Waals surface area (Å²) in [6.45, 7) is 0. The Bertz CT molecular complexity index is 743. The maximum Gasteiger partial charge on any atom is 0.293 e. The normalized spacial score (nSPS) is 10.7. The second-order valence-electron chi connectivity index (χ2n) is 4.53. The molecule has 0 aliphatic rings. The number of fused-ring (bicyclic) bond motifs is 1. The number of hydrogen-bond acceptors (Lipinski definition) is 3. The Kier molecular flexibility index (Phi) is 2.91. The number of phenols is 1. The lowest BCUT2D eigenvalue weighted by Gasteiger charge is -2.15. The SMILES string of the molecule is CN(C(=O)c1cc2ccccc2o1)c1cccc(O)c1. The lowest BCUT2D eigenvalue weighted by atomic mass is 10.2. The van der Waals surface area contributed by atoms with Gasteiger partial charge in [-0.15, -0.1) is 0 Å². The van der Waals surface area contributed by atoms with Crippen LogP contribution in [0.25, 0.3) is 11.0 Å². The van der Waals surface area contributed by atoms with E-state index in [4.69, 9.17) is 4.42 Å². The van der Waals surface area contributed by atoms with Crippen LogP contribution in [0.3, 0.4) is 0 Å². The molecule has 1 N–H and O–H groups in total. The smallest absolute Gasteiger partial charge is 0.293 e. The molecule has 2 aromatic carbocycles. The van der Waals surface area contributed by atoms with Gasteiger partial charge in [0.25, 0.3) is 5.91 Å². The fourth-order valence-electron chi connectivity index (χ4n) is 2.07. The Labute approximate surface area is 115 Å². The number of carbonyl (C=O) groups excluding carboxylic acids is 1. The van der Waals surface area contributed by atoms with Gasteiger partial charge in [-0.3, -0.25) is 4.79 Å². The number of anilines is 1. The van der Waals surface area contributed by atoms with Crippen molar-refractivity contribution in [3.05, 3.63) is 60.4 Å². The van der Waals surface area contributed by atoms with E-state index in [0.717, 1.165) is 5.39 Å². The molecule has 0 unspecified atom stereocenters. The molecule has 0 saturated heterocycles. The van der Waals surface area contributed by atoms with Crippen molar-refractivity contribution in [1.29, 1.82) is 0 Å². The average molecular weight is 267 g/mol. The van der Waals surface area contributed by atoms with Gasteiger partial charge in [0, 0.05) is 24.2 Å². The van der Waals surface area contributed by atoms with Crippen molar-refractivity contribution in [2.75, 3.05) is 11.9 Å². The molecule has 3 aromatic rings. The summed E-state index contributed by atoms with van der Waals surface area (Å²) in [6.07, 6.45) is 0. The predicted octanol–water partition coefficient (Wildman–Crippen LogP) is 3.42. The summed E-state index contributed by atoms with van der Waals surface area (Å²) in [4.78, 5) is 13.8. The highest BCUT2D eigenvalue weighted by atomic mass is 16.3. The lowest BCUT2D eigenvalue weighted by molar-refractivity contribution is 0.0968. The Balaban J connectivity index is 1.95. The molecule has 0 radical (unpaired) electrons. The van der Waals surface area contributed by atoms with E-state index in [1.54, 1.807) is 31.3 Å². The number of hydrogen-bond donors (Lipinski definition) is 1. The van der Waals surface area contributed by atoms with Crippen molar-refractivity contribution in [3.63, 3.8) is 0 Å². The van der Waals surface area contributed by atoms with Crippen LogP contribution in [0.2, 0.25) is 0 Å². The minimum atomic E-state index is -0.258. The van der Waals surface area contributed by atoms with Gasteiger partial charge >= 0.3 is 0 Å². The first-order valence-corrected chi connectivity index (χ1v) is 6.21. The van der Waals surface area contributed by atoms with E-state index >= 15 is 0 Å². The molecule has 4 heteroatoms. The van der Waals surface area contributed by atoms with E-state index in [2.05, 4.69) is 0 Å². The van der Waals surface area contributed by atoms with E-state index in [1.165, 1.54) is 11.0 Å². The molecule has 0 spiro atoms. The lowest BCUT2D eigenvalue weighted by Crippen LogP contribution is -2.25. The summed E-state index contributed by atoms with van der Waals surface area (Å²) in [5.74, 6) is 0.135. The number of amides is 1. The average Bonchev–Trinajstić information content (AvgIpc) is 2.89. The first-order valence-electron chi connectivity index (χ1n) is 6.21. The fourth-order valence-corrected chi connectivity index (χ4v) is 2.07. The molecule has 1 heterocycles. The molecule has 0 saturated carbocycles. The van der Waals surface area contributed by atoms with Crippen LogP contribution < -0.4 is 4.90 Å². The third-order valence-electron chi connectivity index (χ3n) is 3.16. The van der Waals surface area contributed by atoms with Crippen LogP contribution in [-0.4, -0.2) is 18.1 Å². The largest absolute Gasteiger partial charge is 0.508 e. The highest BCUT2D eigenvalue weighted by Gasteiger charge is 2.18. The molecule has 20 heavy (non-hydrogen) atoms. The maximum atomic E-state index is 12.4. The summed E-state index contributed by atoms with van der Waals surface area (Å²) < 4.78 is 5.55. The second-order valence-corrected chi connectivity index (χ2v) is 4.53. The Morgan fingerprint density at radius 1 is 1.10 bits per heavy atom. The number of carbonyl (C=O) groups is 1. The van der Waals surface area contributed by atoms with Crippen molar-refractivity contribution in [2.45, 2.75) is 0 Å². The molecule has 0 aliphatic carbocycles. The van der Waals surface area contributed by atoms with Crippen LogP contribution in [0.5, 0.6) is 5.75 Å². The summed E-state index contributed by atoms with van der Waals surface area (Å²) in [6, 6.07) is 15.7. The van der Waals surface area contributed by atoms with Gasteiger partial charge in [0.1, 0.15) is 11.3 Å². The van der Waals surface area contributed by atoms with E-state index < -0.39 is 0 Å². The zero-order valence-electron chi connectivity index (χ0n) is 10.9. The zero-order valence-corrected chi connectivity index (χ0v) is 10.9. The van der Waals surface area contributed by atoms with Crippen LogP contribution in [0.1, 0.15) is 10.6 Å². The number of benzene rings is 2. The van der Waals surface area contributed by atoms with Crippen molar-refractivity contribution in [1.82, 2.24) is 0 Å². The van der Waals surface area contributed by atoms with E-state index in [9.17, 15) is 9.90 Å². The minimum absolute atomic E-state index is 0.117. The Hall–Kier alpha value is -2.75. The highest BCUT2D eigenvalue weighted by Crippen LogP contribution is 2.23. The standard InChI is InChI=1S/C16H13NO3/c1-17(12-6-4-7-13(18)10-12)16(19)15-9-11-5-2-3-8-14(11)20-15/h2-10,18H,1H3. The molecule has 0 aliphatic heterocycles. The summed E-state index contributed by atoms with van der Waals surface area (Å²) >= 11 is 0. The topological polar surface area (TPSA) is 53.7 Å². The molecular formula is C16H13NO3. The molecule has 1 aromatic heterocycles. The number of phenolic OH excluding ortho intramolecular Hbond substituents is 1. The molecule has 100 valence electrons. The number of nitrogens with zero attached hydrogens (tertiary/aromatic N) is 1. The predicted molar refractivity (Wildman–Crippen MR) is 77.1 cm³/mol. The number of furan rings is 1. The number of para-hydroxylation sites is 1.